The molecule has 0 atom stereocenters. The van der Waals surface area contributed by atoms with Crippen molar-refractivity contribution < 1.29 is 4.74 Å². The van der Waals surface area contributed by atoms with Crippen LogP contribution in [0.2, 0.25) is 0 Å². The minimum Gasteiger partial charge on any atom is -0.381 e. The Morgan fingerprint density at radius 3 is 2.50 bits per heavy atom. The molecule has 0 aliphatic carbocycles. The maximum atomic E-state index is 5.53. The summed E-state index contributed by atoms with van der Waals surface area (Å²) in [4.78, 5) is 0. The van der Waals surface area contributed by atoms with Crippen molar-refractivity contribution in [3.63, 3.8) is 0 Å². The highest BCUT2D eigenvalue weighted by Gasteiger charge is 2.32. The van der Waals surface area contributed by atoms with Gasteiger partial charge in [-0.2, -0.15) is 0 Å². The van der Waals surface area contributed by atoms with Crippen molar-refractivity contribution in [1.29, 1.82) is 0 Å². The SMILES string of the molecule is CCNCC1(Cc2ccc(Br)cc2)CCOCC1. The molecule has 0 unspecified atom stereocenters. The standard InChI is InChI=1S/C15H22BrNO/c1-2-17-12-15(7-9-18-10-8-15)11-13-3-5-14(16)6-4-13/h3-6,17H,2,7-12H2,1H3. The molecular weight excluding hydrogens is 290 g/mol. The Morgan fingerprint density at radius 1 is 1.22 bits per heavy atom. The third-order valence-corrected chi connectivity index (χ3v) is 4.32. The quantitative estimate of drug-likeness (QED) is 0.900. The fourth-order valence-corrected chi connectivity index (χ4v) is 2.91. The van der Waals surface area contributed by atoms with E-state index in [-0.39, 0.29) is 0 Å². The van der Waals surface area contributed by atoms with Crippen LogP contribution in [0.4, 0.5) is 0 Å². The van der Waals surface area contributed by atoms with Crippen molar-refractivity contribution in [2.45, 2.75) is 26.2 Å². The summed E-state index contributed by atoms with van der Waals surface area (Å²) in [5, 5.41) is 3.53. The van der Waals surface area contributed by atoms with Crippen LogP contribution < -0.4 is 5.32 Å². The lowest BCUT2D eigenvalue weighted by molar-refractivity contribution is 0.0152. The molecule has 18 heavy (non-hydrogen) atoms. The molecule has 100 valence electrons. The number of hydrogen-bond donors (Lipinski definition) is 1. The van der Waals surface area contributed by atoms with Crippen molar-refractivity contribution >= 4 is 15.9 Å². The average molecular weight is 312 g/mol. The van der Waals surface area contributed by atoms with Crippen LogP contribution in [0.3, 0.4) is 0 Å². The van der Waals surface area contributed by atoms with Gasteiger partial charge in [0.1, 0.15) is 0 Å². The molecule has 2 nitrogen and oxygen atoms in total. The highest BCUT2D eigenvalue weighted by atomic mass is 79.9. The van der Waals surface area contributed by atoms with E-state index in [9.17, 15) is 0 Å². The number of rotatable bonds is 5. The number of benzene rings is 1. The molecule has 1 N–H and O–H groups in total. The van der Waals surface area contributed by atoms with Crippen LogP contribution in [0.25, 0.3) is 0 Å². The molecule has 1 aliphatic rings. The van der Waals surface area contributed by atoms with Gasteiger partial charge >= 0.3 is 0 Å². The van der Waals surface area contributed by atoms with E-state index in [2.05, 4.69) is 52.4 Å². The molecule has 0 bridgehead atoms. The Labute approximate surface area is 118 Å². The monoisotopic (exact) mass is 311 g/mol. The zero-order valence-corrected chi connectivity index (χ0v) is 12.6. The van der Waals surface area contributed by atoms with E-state index in [1.165, 1.54) is 5.56 Å². The van der Waals surface area contributed by atoms with Crippen LogP contribution in [-0.4, -0.2) is 26.3 Å². The predicted octanol–water partition coefficient (Wildman–Crippen LogP) is 3.40. The summed E-state index contributed by atoms with van der Waals surface area (Å²) in [6.07, 6.45) is 3.47. The fraction of sp³-hybridized carbons (Fsp3) is 0.600. The third kappa shape index (κ3) is 3.81. The summed E-state index contributed by atoms with van der Waals surface area (Å²) in [6, 6.07) is 8.73. The van der Waals surface area contributed by atoms with Crippen LogP contribution in [-0.2, 0) is 11.2 Å². The molecule has 1 fully saturated rings. The van der Waals surface area contributed by atoms with Crippen LogP contribution in [0, 0.1) is 5.41 Å². The van der Waals surface area contributed by atoms with Gasteiger partial charge in [-0.3, -0.25) is 0 Å². The van der Waals surface area contributed by atoms with E-state index < -0.39 is 0 Å². The summed E-state index contributed by atoms with van der Waals surface area (Å²) in [7, 11) is 0. The van der Waals surface area contributed by atoms with Gasteiger partial charge in [-0.1, -0.05) is 35.0 Å². The summed E-state index contributed by atoms with van der Waals surface area (Å²) >= 11 is 3.49. The second kappa shape index (κ2) is 6.69. The van der Waals surface area contributed by atoms with Gasteiger partial charge in [-0.25, -0.2) is 0 Å². The number of hydrogen-bond acceptors (Lipinski definition) is 2. The molecule has 0 radical (unpaired) electrons. The van der Waals surface area contributed by atoms with Gasteiger partial charge in [-0.15, -0.1) is 0 Å². The minimum atomic E-state index is 0.377. The molecule has 1 aromatic carbocycles. The highest BCUT2D eigenvalue weighted by Crippen LogP contribution is 2.34. The number of ether oxygens (including phenoxy) is 1. The largest absolute Gasteiger partial charge is 0.381 e. The van der Waals surface area contributed by atoms with E-state index in [4.69, 9.17) is 4.74 Å². The minimum absolute atomic E-state index is 0.377. The fourth-order valence-electron chi connectivity index (χ4n) is 2.65. The second-order valence-electron chi connectivity index (χ2n) is 5.20. The van der Waals surface area contributed by atoms with Crippen molar-refractivity contribution in [2.75, 3.05) is 26.3 Å². The summed E-state index contributed by atoms with van der Waals surface area (Å²) < 4.78 is 6.68. The van der Waals surface area contributed by atoms with E-state index in [1.807, 2.05) is 0 Å². The molecule has 0 saturated carbocycles. The van der Waals surface area contributed by atoms with Crippen molar-refractivity contribution in [1.82, 2.24) is 5.32 Å². The number of nitrogens with one attached hydrogen (secondary N) is 1. The maximum absolute atomic E-state index is 5.53. The molecule has 1 aliphatic heterocycles. The summed E-state index contributed by atoms with van der Waals surface area (Å²) in [6.45, 7) is 6.13. The average Bonchev–Trinajstić information content (AvgIpc) is 2.40. The molecule has 0 spiro atoms. The van der Waals surface area contributed by atoms with Crippen molar-refractivity contribution in [3.8, 4) is 0 Å². The first-order valence-corrected chi connectivity index (χ1v) is 7.56. The Kier molecular flexibility index (Phi) is 5.22. The van der Waals surface area contributed by atoms with Crippen LogP contribution in [0.1, 0.15) is 25.3 Å². The lowest BCUT2D eigenvalue weighted by Crippen LogP contribution is -2.40. The zero-order valence-electron chi connectivity index (χ0n) is 11.0. The van der Waals surface area contributed by atoms with Crippen molar-refractivity contribution in [2.24, 2.45) is 5.41 Å². The second-order valence-corrected chi connectivity index (χ2v) is 6.11. The van der Waals surface area contributed by atoms with E-state index in [1.54, 1.807) is 0 Å². The molecule has 0 amide bonds. The molecule has 1 aromatic rings. The third-order valence-electron chi connectivity index (χ3n) is 3.80. The number of halogens is 1. The predicted molar refractivity (Wildman–Crippen MR) is 78.9 cm³/mol. The van der Waals surface area contributed by atoms with Gasteiger partial charge in [-0.05, 0) is 48.9 Å². The molecule has 3 heteroatoms. The smallest absolute Gasteiger partial charge is 0.0471 e. The Bertz CT molecular complexity index is 357. The first-order chi connectivity index (χ1) is 8.74. The van der Waals surface area contributed by atoms with Gasteiger partial charge in [0.2, 0.25) is 0 Å². The normalized spacial score (nSPS) is 18.8. The zero-order chi connectivity index (χ0) is 12.8. The Morgan fingerprint density at radius 2 is 1.89 bits per heavy atom. The summed E-state index contributed by atoms with van der Waals surface area (Å²) in [5.74, 6) is 0. The van der Waals surface area contributed by atoms with E-state index in [0.717, 1.165) is 50.0 Å². The van der Waals surface area contributed by atoms with Gasteiger partial charge in [0, 0.05) is 24.2 Å². The van der Waals surface area contributed by atoms with Crippen LogP contribution in [0.15, 0.2) is 28.7 Å². The molecule has 1 saturated heterocycles. The van der Waals surface area contributed by atoms with E-state index in [0.29, 0.717) is 5.41 Å². The topological polar surface area (TPSA) is 21.3 Å². The maximum Gasteiger partial charge on any atom is 0.0471 e. The lowest BCUT2D eigenvalue weighted by atomic mass is 9.75. The van der Waals surface area contributed by atoms with Gasteiger partial charge in [0.15, 0.2) is 0 Å². The highest BCUT2D eigenvalue weighted by molar-refractivity contribution is 9.10. The first-order valence-electron chi connectivity index (χ1n) is 6.77. The molecule has 0 aromatic heterocycles. The first kappa shape index (κ1) is 14.0. The molecular formula is C15H22BrNO. The molecule has 1 heterocycles. The Hall–Kier alpha value is -0.380. The van der Waals surface area contributed by atoms with Gasteiger partial charge < -0.3 is 10.1 Å². The summed E-state index contributed by atoms with van der Waals surface area (Å²) in [5.41, 5.74) is 1.81. The van der Waals surface area contributed by atoms with Gasteiger partial charge in [0.05, 0.1) is 0 Å². The lowest BCUT2D eigenvalue weighted by Gasteiger charge is -2.37. The van der Waals surface area contributed by atoms with Crippen LogP contribution >= 0.6 is 15.9 Å². The van der Waals surface area contributed by atoms with Crippen molar-refractivity contribution in [3.05, 3.63) is 34.3 Å². The van der Waals surface area contributed by atoms with E-state index >= 15 is 0 Å². The Balaban J connectivity index is 2.06. The van der Waals surface area contributed by atoms with Crippen LogP contribution in [0.5, 0.6) is 0 Å². The van der Waals surface area contributed by atoms with Gasteiger partial charge in [0.25, 0.3) is 0 Å². The molecule has 2 rings (SSSR count).